The molecule has 0 bridgehead atoms. The van der Waals surface area contributed by atoms with Gasteiger partial charge in [-0.1, -0.05) is 158 Å². The third-order valence-electron chi connectivity index (χ3n) is 10.1. The van der Waals surface area contributed by atoms with Crippen molar-refractivity contribution < 1.29 is 0 Å². The molecule has 7 aromatic carbocycles. The number of para-hydroxylation sites is 1. The van der Waals surface area contributed by atoms with E-state index in [1.807, 2.05) is 17.4 Å². The Morgan fingerprint density at radius 1 is 0.500 bits per heavy atom. The molecule has 1 aliphatic heterocycles. The first-order valence-corrected chi connectivity index (χ1v) is 18.5. The number of aromatic nitrogens is 1. The Bertz CT molecular complexity index is 2780. The number of nitrogens with zero attached hydrogens (tertiary/aromatic N) is 2. The van der Waals surface area contributed by atoms with Crippen LogP contribution in [0.5, 0.6) is 0 Å². The molecule has 1 unspecified atom stereocenters. The summed E-state index contributed by atoms with van der Waals surface area (Å²) in [5, 5.41) is 7.57. The number of fused-ring (bicyclic) bond motifs is 5. The molecule has 246 valence electrons. The van der Waals surface area contributed by atoms with Crippen molar-refractivity contribution in [3.05, 3.63) is 205 Å². The molecule has 2 aromatic heterocycles. The van der Waals surface area contributed by atoms with Crippen LogP contribution in [0.3, 0.4) is 0 Å². The van der Waals surface area contributed by atoms with Crippen molar-refractivity contribution in [1.82, 2.24) is 9.88 Å². The Kier molecular flexibility index (Phi) is 7.40. The molecule has 4 heteroatoms. The smallest absolute Gasteiger partial charge is 0.145 e. The quantitative estimate of drug-likeness (QED) is 0.186. The van der Waals surface area contributed by atoms with Gasteiger partial charge >= 0.3 is 0 Å². The molecule has 1 N–H and O–H groups in total. The Morgan fingerprint density at radius 2 is 1.10 bits per heavy atom. The van der Waals surface area contributed by atoms with Crippen LogP contribution in [0.2, 0.25) is 0 Å². The van der Waals surface area contributed by atoms with E-state index >= 15 is 0 Å². The van der Waals surface area contributed by atoms with Crippen LogP contribution in [0.4, 0.5) is 0 Å². The first-order valence-electron chi connectivity index (χ1n) is 17.7. The Balaban J connectivity index is 1.11. The predicted molar refractivity (Wildman–Crippen MR) is 220 cm³/mol. The van der Waals surface area contributed by atoms with Gasteiger partial charge in [0.15, 0.2) is 0 Å². The maximum absolute atomic E-state index is 5.21. The molecule has 0 fully saturated rings. The predicted octanol–water partition coefficient (Wildman–Crippen LogP) is 12.5. The molecule has 0 spiro atoms. The number of hydrogen-bond acceptors (Lipinski definition) is 3. The fourth-order valence-electron chi connectivity index (χ4n) is 7.62. The lowest BCUT2D eigenvalue weighted by Crippen LogP contribution is -2.24. The molecule has 3 nitrogen and oxygen atoms in total. The third kappa shape index (κ3) is 5.15. The standard InChI is InChI=1S/C48H33N3S/c1-5-15-32(16-6-1)40-31-41(33-17-7-2-8-18-33)50-48(49-40)36-25-27-37(28-26-36)51-42-24-14-13-23-38(42)45-43(51)30-29-39-44(34-19-9-3-10-20-34)46(52-47(39)45)35-21-11-4-12-22-35/h1-31,48-49H. The first kappa shape index (κ1) is 30.3. The van der Waals surface area contributed by atoms with Crippen LogP contribution >= 0.6 is 11.3 Å². The van der Waals surface area contributed by atoms with Gasteiger partial charge < -0.3 is 9.88 Å². The Labute approximate surface area is 306 Å². The molecule has 52 heavy (non-hydrogen) atoms. The maximum Gasteiger partial charge on any atom is 0.145 e. The zero-order chi connectivity index (χ0) is 34.4. The van der Waals surface area contributed by atoms with E-state index in [9.17, 15) is 0 Å². The minimum absolute atomic E-state index is 0.221. The molecule has 3 heterocycles. The molecule has 1 atom stereocenters. The summed E-state index contributed by atoms with van der Waals surface area (Å²) in [6.45, 7) is 0. The van der Waals surface area contributed by atoms with Crippen molar-refractivity contribution in [3.63, 3.8) is 0 Å². The van der Waals surface area contributed by atoms with E-state index < -0.39 is 0 Å². The number of nitrogens with one attached hydrogen (secondary N) is 1. The van der Waals surface area contributed by atoms with Gasteiger partial charge in [0.25, 0.3) is 0 Å². The van der Waals surface area contributed by atoms with Gasteiger partial charge in [-0.05, 0) is 58.2 Å². The normalized spacial score (nSPS) is 14.3. The molecular weight excluding hydrogens is 651 g/mol. The van der Waals surface area contributed by atoms with Crippen molar-refractivity contribution in [2.24, 2.45) is 4.99 Å². The van der Waals surface area contributed by atoms with E-state index in [4.69, 9.17) is 4.99 Å². The Morgan fingerprint density at radius 3 is 1.79 bits per heavy atom. The fourth-order valence-corrected chi connectivity index (χ4v) is 9.00. The summed E-state index contributed by atoms with van der Waals surface area (Å²) in [5.41, 5.74) is 12.7. The fraction of sp³-hybridized carbons (Fsp3) is 0.0208. The molecule has 0 radical (unpaired) electrons. The van der Waals surface area contributed by atoms with Crippen LogP contribution in [-0.2, 0) is 0 Å². The highest BCUT2D eigenvalue weighted by molar-refractivity contribution is 7.24. The third-order valence-corrected chi connectivity index (χ3v) is 11.3. The zero-order valence-electron chi connectivity index (χ0n) is 28.3. The molecule has 0 saturated carbocycles. The van der Waals surface area contributed by atoms with Crippen LogP contribution in [0.25, 0.3) is 64.8 Å². The second-order valence-electron chi connectivity index (χ2n) is 13.2. The van der Waals surface area contributed by atoms with Crippen LogP contribution in [0, 0.1) is 0 Å². The molecular formula is C48H33N3S. The Hall–Kier alpha value is -6.49. The lowest BCUT2D eigenvalue weighted by Gasteiger charge is -2.25. The van der Waals surface area contributed by atoms with Gasteiger partial charge in [-0.25, -0.2) is 0 Å². The van der Waals surface area contributed by atoms with E-state index in [0.717, 1.165) is 33.8 Å². The highest BCUT2D eigenvalue weighted by atomic mass is 32.1. The lowest BCUT2D eigenvalue weighted by molar-refractivity contribution is 0.664. The van der Waals surface area contributed by atoms with Crippen LogP contribution in [0.15, 0.2) is 193 Å². The van der Waals surface area contributed by atoms with Crippen LogP contribution in [-0.4, -0.2) is 10.3 Å². The number of hydrogen-bond donors (Lipinski definition) is 1. The lowest BCUT2D eigenvalue weighted by atomic mass is 9.98. The van der Waals surface area contributed by atoms with E-state index in [1.165, 1.54) is 53.5 Å². The van der Waals surface area contributed by atoms with E-state index in [1.54, 1.807) is 0 Å². The van der Waals surface area contributed by atoms with E-state index in [0.29, 0.717) is 0 Å². The van der Waals surface area contributed by atoms with E-state index in [2.05, 4.69) is 192 Å². The minimum Gasteiger partial charge on any atom is -0.360 e. The number of thiophene rings is 1. The molecule has 0 aliphatic carbocycles. The van der Waals surface area contributed by atoms with Crippen LogP contribution in [0.1, 0.15) is 22.9 Å². The van der Waals surface area contributed by atoms with Crippen molar-refractivity contribution >= 4 is 54.6 Å². The SMILES string of the molecule is C1=C(c2ccccc2)NC(c2ccc(-n3c4ccccc4c4c5sc(-c6ccccc6)c(-c6ccccc6)c5ccc43)cc2)N=C1c1ccccc1. The number of rotatable bonds is 6. The van der Waals surface area contributed by atoms with Crippen molar-refractivity contribution in [2.75, 3.05) is 0 Å². The second-order valence-corrected chi connectivity index (χ2v) is 14.2. The van der Waals surface area contributed by atoms with Gasteiger partial charge in [0.1, 0.15) is 6.17 Å². The summed E-state index contributed by atoms with van der Waals surface area (Å²) in [6.07, 6.45) is 1.94. The molecule has 10 rings (SSSR count). The molecule has 0 amide bonds. The van der Waals surface area contributed by atoms with Gasteiger partial charge in [-0.15, -0.1) is 11.3 Å². The molecule has 9 aromatic rings. The summed E-state index contributed by atoms with van der Waals surface area (Å²) in [5.74, 6) is 0. The maximum atomic E-state index is 5.21. The average molecular weight is 684 g/mol. The van der Waals surface area contributed by atoms with Gasteiger partial charge in [0.05, 0.1) is 16.7 Å². The summed E-state index contributed by atoms with van der Waals surface area (Å²) < 4.78 is 3.73. The van der Waals surface area contributed by atoms with Crippen LogP contribution < -0.4 is 5.32 Å². The zero-order valence-corrected chi connectivity index (χ0v) is 29.1. The largest absolute Gasteiger partial charge is 0.360 e. The van der Waals surface area contributed by atoms with E-state index in [-0.39, 0.29) is 6.17 Å². The minimum atomic E-state index is -0.221. The van der Waals surface area contributed by atoms with Gasteiger partial charge in [-0.2, -0.15) is 0 Å². The summed E-state index contributed by atoms with van der Waals surface area (Å²) >= 11 is 1.90. The van der Waals surface area contributed by atoms with Gasteiger partial charge in [0.2, 0.25) is 0 Å². The highest BCUT2D eigenvalue weighted by Crippen LogP contribution is 2.49. The summed E-state index contributed by atoms with van der Waals surface area (Å²) in [6, 6.07) is 65.0. The number of benzene rings is 7. The summed E-state index contributed by atoms with van der Waals surface area (Å²) in [4.78, 5) is 6.51. The molecule has 1 aliphatic rings. The van der Waals surface area contributed by atoms with Crippen molar-refractivity contribution in [1.29, 1.82) is 0 Å². The number of allylic oxidation sites excluding steroid dienone is 1. The van der Waals surface area contributed by atoms with Gasteiger partial charge in [0, 0.05) is 42.7 Å². The molecule has 0 saturated heterocycles. The topological polar surface area (TPSA) is 29.3 Å². The second kappa shape index (κ2) is 12.7. The van der Waals surface area contributed by atoms with Gasteiger partial charge in [-0.3, -0.25) is 4.99 Å². The van der Waals surface area contributed by atoms with Crippen molar-refractivity contribution in [3.8, 4) is 27.3 Å². The van der Waals surface area contributed by atoms with Crippen molar-refractivity contribution in [2.45, 2.75) is 6.17 Å². The average Bonchev–Trinajstić information content (AvgIpc) is 3.78. The first-order chi connectivity index (χ1) is 25.8. The highest BCUT2D eigenvalue weighted by Gasteiger charge is 2.23. The summed E-state index contributed by atoms with van der Waals surface area (Å²) in [7, 11) is 0. The monoisotopic (exact) mass is 683 g/mol. The number of aliphatic imine (C=N–C) groups is 1.